The van der Waals surface area contributed by atoms with Gasteiger partial charge in [0.25, 0.3) is 0 Å². The van der Waals surface area contributed by atoms with E-state index in [2.05, 4.69) is 32.5 Å². The number of rotatable bonds is 6. The highest BCUT2D eigenvalue weighted by molar-refractivity contribution is 5.86. The van der Waals surface area contributed by atoms with Crippen molar-refractivity contribution in [3.05, 3.63) is 23.9 Å². The minimum absolute atomic E-state index is 0. The quantitative estimate of drug-likeness (QED) is 0.754. The highest BCUT2D eigenvalue weighted by Gasteiger charge is 2.14. The lowest BCUT2D eigenvalue weighted by Gasteiger charge is -2.33. The predicted molar refractivity (Wildman–Crippen MR) is 106 cm³/mol. The molecule has 1 aliphatic heterocycles. The second-order valence-electron chi connectivity index (χ2n) is 5.45. The van der Waals surface area contributed by atoms with E-state index in [-0.39, 0.29) is 43.1 Å². The molecular weight excluding hydrogens is 373 g/mol. The average molecular weight is 401 g/mol. The first-order valence-corrected chi connectivity index (χ1v) is 7.49. The SMILES string of the molecule is CNCCC(=O)NCc1ccc(N2CCN(C)CC2)nc1.Cl.Cl.Cl. The average Bonchev–Trinajstić information content (AvgIpc) is 2.52. The summed E-state index contributed by atoms with van der Waals surface area (Å²) in [5.74, 6) is 1.08. The Morgan fingerprint density at radius 2 is 1.83 bits per heavy atom. The Labute approximate surface area is 163 Å². The van der Waals surface area contributed by atoms with Crippen LogP contribution >= 0.6 is 37.2 Å². The van der Waals surface area contributed by atoms with E-state index in [0.29, 0.717) is 19.5 Å². The van der Waals surface area contributed by atoms with Crippen LogP contribution in [0.4, 0.5) is 5.82 Å². The number of hydrogen-bond donors (Lipinski definition) is 2. The van der Waals surface area contributed by atoms with Crippen LogP contribution in [-0.2, 0) is 11.3 Å². The Hall–Kier alpha value is -0.790. The summed E-state index contributed by atoms with van der Waals surface area (Å²) in [6.45, 7) is 5.42. The van der Waals surface area contributed by atoms with Crippen LogP contribution < -0.4 is 15.5 Å². The molecular formula is C15H28Cl3N5O. The number of pyridine rings is 1. The standard InChI is InChI=1S/C15H25N5O.3ClH/c1-16-6-5-15(21)18-12-13-3-4-14(17-11-13)20-9-7-19(2)8-10-20;;;/h3-4,11,16H,5-10,12H2,1-2H3,(H,18,21);3*1H. The Bertz CT molecular complexity index is 453. The lowest BCUT2D eigenvalue weighted by molar-refractivity contribution is -0.121. The van der Waals surface area contributed by atoms with Crippen molar-refractivity contribution in [2.45, 2.75) is 13.0 Å². The molecule has 1 aliphatic rings. The molecule has 24 heavy (non-hydrogen) atoms. The lowest BCUT2D eigenvalue weighted by Crippen LogP contribution is -2.44. The number of likely N-dealkylation sites (N-methyl/N-ethyl adjacent to an activating group) is 1. The van der Waals surface area contributed by atoms with Gasteiger partial charge in [0.15, 0.2) is 0 Å². The number of carbonyl (C=O) groups excluding carboxylic acids is 1. The van der Waals surface area contributed by atoms with Gasteiger partial charge in [-0.2, -0.15) is 0 Å². The fourth-order valence-electron chi connectivity index (χ4n) is 2.27. The number of halogens is 3. The molecule has 1 amide bonds. The maximum Gasteiger partial charge on any atom is 0.221 e. The van der Waals surface area contributed by atoms with E-state index in [9.17, 15) is 4.79 Å². The van der Waals surface area contributed by atoms with Gasteiger partial charge in [-0.05, 0) is 25.7 Å². The first-order valence-electron chi connectivity index (χ1n) is 7.49. The molecule has 2 N–H and O–H groups in total. The molecule has 6 nitrogen and oxygen atoms in total. The van der Waals surface area contributed by atoms with E-state index in [0.717, 1.165) is 37.6 Å². The van der Waals surface area contributed by atoms with Crippen molar-refractivity contribution < 1.29 is 4.79 Å². The van der Waals surface area contributed by atoms with E-state index < -0.39 is 0 Å². The van der Waals surface area contributed by atoms with Gasteiger partial charge in [-0.15, -0.1) is 37.2 Å². The van der Waals surface area contributed by atoms with Crippen molar-refractivity contribution >= 4 is 48.9 Å². The molecule has 2 heterocycles. The maximum atomic E-state index is 11.5. The molecule has 1 aromatic rings. The summed E-state index contributed by atoms with van der Waals surface area (Å²) in [6.07, 6.45) is 2.36. The van der Waals surface area contributed by atoms with Crippen LogP contribution in [0.3, 0.4) is 0 Å². The molecule has 0 spiro atoms. The highest BCUT2D eigenvalue weighted by Crippen LogP contribution is 2.13. The largest absolute Gasteiger partial charge is 0.354 e. The first-order chi connectivity index (χ1) is 10.2. The lowest BCUT2D eigenvalue weighted by atomic mass is 10.2. The summed E-state index contributed by atoms with van der Waals surface area (Å²) in [7, 11) is 3.99. The number of hydrogen-bond acceptors (Lipinski definition) is 5. The number of anilines is 1. The molecule has 0 radical (unpaired) electrons. The smallest absolute Gasteiger partial charge is 0.221 e. The van der Waals surface area contributed by atoms with Gasteiger partial charge < -0.3 is 20.4 Å². The summed E-state index contributed by atoms with van der Waals surface area (Å²) in [5.41, 5.74) is 1.03. The van der Waals surface area contributed by atoms with Crippen LogP contribution in [0.1, 0.15) is 12.0 Å². The fourth-order valence-corrected chi connectivity index (χ4v) is 2.27. The second kappa shape index (κ2) is 13.5. The summed E-state index contributed by atoms with van der Waals surface area (Å²) >= 11 is 0. The third-order valence-electron chi connectivity index (χ3n) is 3.73. The minimum atomic E-state index is 0. The van der Waals surface area contributed by atoms with Crippen molar-refractivity contribution in [1.82, 2.24) is 20.5 Å². The molecule has 0 saturated carbocycles. The Morgan fingerprint density at radius 1 is 1.17 bits per heavy atom. The van der Waals surface area contributed by atoms with Crippen LogP contribution in [0.2, 0.25) is 0 Å². The number of carbonyl (C=O) groups is 1. The molecule has 0 aromatic carbocycles. The highest BCUT2D eigenvalue weighted by atomic mass is 35.5. The number of nitrogens with zero attached hydrogens (tertiary/aromatic N) is 3. The molecule has 0 aliphatic carbocycles. The monoisotopic (exact) mass is 399 g/mol. The van der Waals surface area contributed by atoms with Gasteiger partial charge >= 0.3 is 0 Å². The summed E-state index contributed by atoms with van der Waals surface area (Å²) in [4.78, 5) is 20.7. The minimum Gasteiger partial charge on any atom is -0.354 e. The van der Waals surface area contributed by atoms with Crippen molar-refractivity contribution in [1.29, 1.82) is 0 Å². The van der Waals surface area contributed by atoms with E-state index in [4.69, 9.17) is 0 Å². The molecule has 0 unspecified atom stereocenters. The van der Waals surface area contributed by atoms with Gasteiger partial charge in [0.2, 0.25) is 5.91 Å². The number of aromatic nitrogens is 1. The molecule has 1 fully saturated rings. The van der Waals surface area contributed by atoms with Crippen LogP contribution in [0.15, 0.2) is 18.3 Å². The zero-order valence-electron chi connectivity index (χ0n) is 14.2. The Kier molecular flexibility index (Phi) is 14.3. The van der Waals surface area contributed by atoms with E-state index >= 15 is 0 Å². The van der Waals surface area contributed by atoms with Crippen molar-refractivity contribution in [2.75, 3.05) is 51.7 Å². The van der Waals surface area contributed by atoms with Crippen LogP contribution in [0.25, 0.3) is 0 Å². The first kappa shape index (κ1) is 25.5. The zero-order chi connectivity index (χ0) is 15.1. The van der Waals surface area contributed by atoms with Gasteiger partial charge in [-0.25, -0.2) is 4.98 Å². The van der Waals surface area contributed by atoms with Gasteiger partial charge in [-0.3, -0.25) is 4.79 Å². The molecule has 2 rings (SSSR count). The van der Waals surface area contributed by atoms with Gasteiger partial charge in [0, 0.05) is 51.9 Å². The molecule has 0 atom stereocenters. The molecule has 9 heteroatoms. The van der Waals surface area contributed by atoms with Gasteiger partial charge in [-0.1, -0.05) is 6.07 Å². The third-order valence-corrected chi connectivity index (χ3v) is 3.73. The van der Waals surface area contributed by atoms with E-state index in [1.54, 1.807) is 0 Å². The Balaban J connectivity index is 0. The van der Waals surface area contributed by atoms with Crippen LogP contribution in [0.5, 0.6) is 0 Å². The normalized spacial score (nSPS) is 14.0. The Morgan fingerprint density at radius 3 is 2.38 bits per heavy atom. The predicted octanol–water partition coefficient (Wildman–Crippen LogP) is 1.32. The van der Waals surface area contributed by atoms with Crippen LogP contribution in [0, 0.1) is 0 Å². The molecule has 1 saturated heterocycles. The van der Waals surface area contributed by atoms with Crippen molar-refractivity contribution in [2.24, 2.45) is 0 Å². The molecule has 140 valence electrons. The molecule has 1 aromatic heterocycles. The van der Waals surface area contributed by atoms with Crippen molar-refractivity contribution in [3.63, 3.8) is 0 Å². The topological polar surface area (TPSA) is 60.5 Å². The van der Waals surface area contributed by atoms with Crippen LogP contribution in [-0.4, -0.2) is 62.6 Å². The molecule has 0 bridgehead atoms. The van der Waals surface area contributed by atoms with E-state index in [1.807, 2.05) is 25.4 Å². The summed E-state index contributed by atoms with van der Waals surface area (Å²) in [5, 5.41) is 5.86. The second-order valence-corrected chi connectivity index (χ2v) is 5.45. The third kappa shape index (κ3) is 8.35. The van der Waals surface area contributed by atoms with E-state index in [1.165, 1.54) is 0 Å². The maximum absolute atomic E-state index is 11.5. The zero-order valence-corrected chi connectivity index (χ0v) is 16.6. The number of piperazine rings is 1. The number of nitrogens with one attached hydrogen (secondary N) is 2. The van der Waals surface area contributed by atoms with Gasteiger partial charge in [0.1, 0.15) is 5.82 Å². The summed E-state index contributed by atoms with van der Waals surface area (Å²) < 4.78 is 0. The number of amides is 1. The van der Waals surface area contributed by atoms with Crippen molar-refractivity contribution in [3.8, 4) is 0 Å². The fraction of sp³-hybridized carbons (Fsp3) is 0.600. The summed E-state index contributed by atoms with van der Waals surface area (Å²) in [6, 6.07) is 4.08. The van der Waals surface area contributed by atoms with Gasteiger partial charge in [0.05, 0.1) is 0 Å².